The van der Waals surface area contributed by atoms with Crippen LogP contribution in [-0.4, -0.2) is 22.8 Å². The lowest BCUT2D eigenvalue weighted by molar-refractivity contribution is -0.117. The second-order valence-electron chi connectivity index (χ2n) is 5.72. The number of benzene rings is 1. The number of rotatable bonds is 5. The molecule has 0 aliphatic carbocycles. The van der Waals surface area contributed by atoms with Gasteiger partial charge in [-0.2, -0.15) is 0 Å². The number of nitrogens with zero attached hydrogens (tertiary/aromatic N) is 1. The molecule has 0 bridgehead atoms. The maximum Gasteiger partial charge on any atom is 0.262 e. The van der Waals surface area contributed by atoms with Crippen molar-refractivity contribution in [2.24, 2.45) is 0 Å². The monoisotopic (exact) mass is 467 g/mol. The first-order valence-corrected chi connectivity index (χ1v) is 10.4. The molecular weight excluding hydrogens is 453 g/mol. The van der Waals surface area contributed by atoms with Crippen molar-refractivity contribution in [3.8, 4) is 11.3 Å². The van der Waals surface area contributed by atoms with E-state index < -0.39 is 6.04 Å². The van der Waals surface area contributed by atoms with Gasteiger partial charge in [0.25, 0.3) is 5.91 Å². The minimum Gasteiger partial charge on any atom is -0.340 e. The number of nitrogens with one attached hydrogen (secondary N) is 2. The zero-order valence-electron chi connectivity index (χ0n) is 14.4. The molecule has 140 valence electrons. The lowest BCUT2D eigenvalue weighted by Crippen LogP contribution is -2.41. The second-order valence-corrected chi connectivity index (χ2v) is 9.39. The summed E-state index contributed by atoms with van der Waals surface area (Å²) < 4.78 is 13.9. The maximum atomic E-state index is 13.1. The van der Waals surface area contributed by atoms with Crippen molar-refractivity contribution in [2.75, 3.05) is 5.32 Å². The summed E-state index contributed by atoms with van der Waals surface area (Å²) in [5, 5.41) is 5.81. The van der Waals surface area contributed by atoms with Crippen LogP contribution in [0.25, 0.3) is 11.3 Å². The van der Waals surface area contributed by atoms with E-state index in [-0.39, 0.29) is 17.6 Å². The second kappa shape index (κ2) is 8.28. The third kappa shape index (κ3) is 4.79. The fraction of sp³-hybridized carbons (Fsp3) is 0.167. The Kier molecular flexibility index (Phi) is 6.03. The molecule has 1 unspecified atom stereocenters. The molecule has 0 saturated carbocycles. The number of hydrogen-bond acceptors (Lipinski definition) is 5. The number of halogens is 2. The number of carbonyl (C=O) groups is 2. The molecule has 1 atom stereocenters. The van der Waals surface area contributed by atoms with Crippen molar-refractivity contribution in [1.82, 2.24) is 10.3 Å². The van der Waals surface area contributed by atoms with Crippen LogP contribution in [0.4, 0.5) is 9.52 Å². The van der Waals surface area contributed by atoms with E-state index in [4.69, 9.17) is 0 Å². The third-order valence-corrected chi connectivity index (χ3v) is 6.19. The average molecular weight is 468 g/mol. The van der Waals surface area contributed by atoms with Crippen LogP contribution in [0.2, 0.25) is 0 Å². The highest BCUT2D eigenvalue weighted by atomic mass is 79.9. The average Bonchev–Trinajstić information content (AvgIpc) is 3.21. The van der Waals surface area contributed by atoms with Crippen molar-refractivity contribution in [1.29, 1.82) is 0 Å². The molecule has 3 rings (SSSR count). The van der Waals surface area contributed by atoms with Gasteiger partial charge in [-0.15, -0.1) is 22.7 Å². The Hall–Kier alpha value is -2.10. The van der Waals surface area contributed by atoms with E-state index in [0.29, 0.717) is 15.7 Å². The van der Waals surface area contributed by atoms with Crippen molar-refractivity contribution < 1.29 is 14.0 Å². The minimum atomic E-state index is -0.725. The SMILES string of the molecule is Cc1sc(NC(=O)C(C)NC(=O)c2ccc(Br)s2)nc1-c1ccc(F)cc1. The van der Waals surface area contributed by atoms with Crippen LogP contribution in [0.3, 0.4) is 0 Å². The molecule has 2 heterocycles. The largest absolute Gasteiger partial charge is 0.340 e. The lowest BCUT2D eigenvalue weighted by atomic mass is 10.1. The Morgan fingerprint density at radius 1 is 1.15 bits per heavy atom. The fourth-order valence-electron chi connectivity index (χ4n) is 2.31. The molecule has 0 aliphatic heterocycles. The Morgan fingerprint density at radius 2 is 1.85 bits per heavy atom. The number of thiophene rings is 1. The Bertz CT molecular complexity index is 985. The van der Waals surface area contributed by atoms with Crippen LogP contribution < -0.4 is 10.6 Å². The number of amides is 2. The molecule has 3 aromatic rings. The summed E-state index contributed by atoms with van der Waals surface area (Å²) in [6.45, 7) is 3.49. The molecule has 2 amide bonds. The molecule has 0 aliphatic rings. The summed E-state index contributed by atoms with van der Waals surface area (Å²) in [6, 6.07) is 8.76. The topological polar surface area (TPSA) is 71.1 Å². The molecule has 1 aromatic carbocycles. The summed E-state index contributed by atoms with van der Waals surface area (Å²) in [5.41, 5.74) is 1.46. The van der Waals surface area contributed by atoms with Crippen LogP contribution in [-0.2, 0) is 4.79 Å². The standard InChI is InChI=1S/C18H15BrFN3O2S2/c1-9(21-17(25)13-7-8-14(19)27-13)16(24)23-18-22-15(10(2)26-18)11-3-5-12(20)6-4-11/h3-9H,1-2H3,(H,21,25)(H,22,23,24). The smallest absolute Gasteiger partial charge is 0.262 e. The van der Waals surface area contributed by atoms with Gasteiger partial charge in [-0.3, -0.25) is 9.59 Å². The molecule has 27 heavy (non-hydrogen) atoms. The first-order chi connectivity index (χ1) is 12.8. The van der Waals surface area contributed by atoms with E-state index >= 15 is 0 Å². The Morgan fingerprint density at radius 3 is 2.48 bits per heavy atom. The van der Waals surface area contributed by atoms with E-state index in [1.165, 1.54) is 34.8 Å². The normalized spacial score (nSPS) is 11.9. The van der Waals surface area contributed by atoms with Gasteiger partial charge in [-0.05, 0) is 66.2 Å². The summed E-state index contributed by atoms with van der Waals surface area (Å²) in [4.78, 5) is 30.4. The molecular formula is C18H15BrFN3O2S2. The van der Waals surface area contributed by atoms with Crippen LogP contribution in [0.5, 0.6) is 0 Å². The van der Waals surface area contributed by atoms with Crippen molar-refractivity contribution in [3.63, 3.8) is 0 Å². The van der Waals surface area contributed by atoms with Crippen LogP contribution >= 0.6 is 38.6 Å². The number of anilines is 1. The number of thiazole rings is 1. The van der Waals surface area contributed by atoms with Crippen molar-refractivity contribution in [3.05, 3.63) is 55.8 Å². The number of carbonyl (C=O) groups excluding carboxylic acids is 2. The highest BCUT2D eigenvalue weighted by Gasteiger charge is 2.20. The fourth-order valence-corrected chi connectivity index (χ4v) is 4.44. The van der Waals surface area contributed by atoms with Crippen molar-refractivity contribution >= 4 is 55.5 Å². The van der Waals surface area contributed by atoms with Crippen LogP contribution in [0.1, 0.15) is 21.5 Å². The molecule has 2 N–H and O–H groups in total. The molecule has 0 spiro atoms. The first-order valence-electron chi connectivity index (χ1n) is 7.94. The lowest BCUT2D eigenvalue weighted by Gasteiger charge is -2.12. The van der Waals surface area contributed by atoms with Gasteiger partial charge in [-0.25, -0.2) is 9.37 Å². The predicted octanol–water partition coefficient (Wildman–Crippen LogP) is 4.84. The highest BCUT2D eigenvalue weighted by Crippen LogP contribution is 2.30. The zero-order valence-corrected chi connectivity index (χ0v) is 17.6. The summed E-state index contributed by atoms with van der Waals surface area (Å²) in [6.07, 6.45) is 0. The van der Waals surface area contributed by atoms with Gasteiger partial charge in [0.2, 0.25) is 5.91 Å². The predicted molar refractivity (Wildman–Crippen MR) is 110 cm³/mol. The number of aromatic nitrogens is 1. The zero-order chi connectivity index (χ0) is 19.6. The molecule has 0 saturated heterocycles. The first kappa shape index (κ1) is 19.7. The molecule has 9 heteroatoms. The Labute approximate surface area is 171 Å². The van der Waals surface area contributed by atoms with Gasteiger partial charge in [0, 0.05) is 10.4 Å². The van der Waals surface area contributed by atoms with Crippen molar-refractivity contribution in [2.45, 2.75) is 19.9 Å². The maximum absolute atomic E-state index is 13.1. The van der Waals surface area contributed by atoms with Gasteiger partial charge in [-0.1, -0.05) is 0 Å². The van der Waals surface area contributed by atoms with E-state index in [0.717, 1.165) is 14.2 Å². The third-order valence-electron chi connectivity index (χ3n) is 3.68. The van der Waals surface area contributed by atoms with E-state index in [1.54, 1.807) is 31.2 Å². The highest BCUT2D eigenvalue weighted by molar-refractivity contribution is 9.11. The molecule has 0 radical (unpaired) electrons. The molecule has 5 nitrogen and oxygen atoms in total. The van der Waals surface area contributed by atoms with E-state index in [2.05, 4.69) is 31.5 Å². The van der Waals surface area contributed by atoms with Crippen LogP contribution in [0, 0.1) is 12.7 Å². The summed E-state index contributed by atoms with van der Waals surface area (Å²) in [5.74, 6) is -0.989. The van der Waals surface area contributed by atoms with Crippen LogP contribution in [0.15, 0.2) is 40.2 Å². The van der Waals surface area contributed by atoms with Gasteiger partial charge in [0.15, 0.2) is 5.13 Å². The van der Waals surface area contributed by atoms with Gasteiger partial charge < -0.3 is 10.6 Å². The van der Waals surface area contributed by atoms with E-state index in [9.17, 15) is 14.0 Å². The quantitative estimate of drug-likeness (QED) is 0.563. The van der Waals surface area contributed by atoms with E-state index in [1.807, 2.05) is 6.92 Å². The van der Waals surface area contributed by atoms with Gasteiger partial charge >= 0.3 is 0 Å². The minimum absolute atomic E-state index is 0.310. The Balaban J connectivity index is 1.66. The summed E-state index contributed by atoms with van der Waals surface area (Å²) >= 11 is 5.92. The number of aryl methyl sites for hydroxylation is 1. The molecule has 2 aromatic heterocycles. The van der Waals surface area contributed by atoms with Gasteiger partial charge in [0.05, 0.1) is 14.4 Å². The van der Waals surface area contributed by atoms with Gasteiger partial charge in [0.1, 0.15) is 11.9 Å². The number of hydrogen-bond donors (Lipinski definition) is 2. The summed E-state index contributed by atoms with van der Waals surface area (Å²) in [7, 11) is 0. The molecule has 0 fully saturated rings.